The van der Waals surface area contributed by atoms with Crippen molar-refractivity contribution in [1.29, 1.82) is 5.26 Å². The van der Waals surface area contributed by atoms with E-state index in [-0.39, 0.29) is 5.78 Å². The van der Waals surface area contributed by atoms with Crippen LogP contribution in [0.3, 0.4) is 0 Å². The van der Waals surface area contributed by atoms with Crippen LogP contribution in [0, 0.1) is 25.2 Å². The molecule has 0 saturated heterocycles. The second-order valence-corrected chi connectivity index (χ2v) is 5.35. The fourth-order valence-corrected chi connectivity index (χ4v) is 2.42. The lowest BCUT2D eigenvalue weighted by Gasteiger charge is -2.20. The first-order valence-electron chi connectivity index (χ1n) is 6.83. The van der Waals surface area contributed by atoms with Crippen molar-refractivity contribution in [3.8, 4) is 6.07 Å². The lowest BCUT2D eigenvalue weighted by molar-refractivity contribution is 0.0925. The Hall–Kier alpha value is -1.66. The van der Waals surface area contributed by atoms with E-state index in [1.54, 1.807) is 0 Å². The first-order chi connectivity index (χ1) is 9.11. The highest BCUT2D eigenvalue weighted by atomic mass is 16.1. The summed E-state index contributed by atoms with van der Waals surface area (Å²) in [4.78, 5) is 14.5. The summed E-state index contributed by atoms with van der Waals surface area (Å²) in [6.45, 7) is 5.16. The maximum atomic E-state index is 12.4. The predicted octanol–water partition coefficient (Wildman–Crippen LogP) is 2.86. The maximum absolute atomic E-state index is 12.4. The van der Waals surface area contributed by atoms with Gasteiger partial charge in [0.2, 0.25) is 0 Å². The molecule has 0 atom stereocenters. The monoisotopic (exact) mass is 256 g/mol. The van der Waals surface area contributed by atoms with Crippen molar-refractivity contribution in [2.45, 2.75) is 39.2 Å². The molecule has 0 aliphatic heterocycles. The van der Waals surface area contributed by atoms with Crippen LogP contribution < -0.4 is 0 Å². The van der Waals surface area contributed by atoms with Gasteiger partial charge in [-0.05, 0) is 32.3 Å². The molecular formula is C16H20N2O. The number of hydrogen-bond donors (Lipinski definition) is 0. The topological polar surface area (TPSA) is 44.1 Å². The van der Waals surface area contributed by atoms with Crippen molar-refractivity contribution in [3.05, 3.63) is 34.9 Å². The van der Waals surface area contributed by atoms with Gasteiger partial charge in [-0.1, -0.05) is 23.8 Å². The molecule has 0 radical (unpaired) electrons. The second kappa shape index (κ2) is 5.99. The Labute approximate surface area is 114 Å². The van der Waals surface area contributed by atoms with Gasteiger partial charge in [-0.3, -0.25) is 9.69 Å². The van der Waals surface area contributed by atoms with Gasteiger partial charge < -0.3 is 0 Å². The number of carbonyl (C=O) groups excluding carboxylic acids is 1. The van der Waals surface area contributed by atoms with Gasteiger partial charge in [0.15, 0.2) is 5.78 Å². The molecular weight excluding hydrogens is 236 g/mol. The molecule has 1 saturated carbocycles. The Balaban J connectivity index is 2.04. The van der Waals surface area contributed by atoms with E-state index in [4.69, 9.17) is 5.26 Å². The molecule has 2 rings (SSSR count). The van der Waals surface area contributed by atoms with Crippen LogP contribution in [-0.2, 0) is 0 Å². The molecule has 3 nitrogen and oxygen atoms in total. The smallest absolute Gasteiger partial charge is 0.177 e. The van der Waals surface area contributed by atoms with E-state index in [1.807, 2.05) is 32.0 Å². The van der Waals surface area contributed by atoms with Gasteiger partial charge in [-0.2, -0.15) is 5.26 Å². The summed E-state index contributed by atoms with van der Waals surface area (Å²) in [6.07, 6.45) is 2.81. The van der Waals surface area contributed by atoms with Crippen LogP contribution >= 0.6 is 0 Å². The Kier molecular flexibility index (Phi) is 4.34. The number of carbonyl (C=O) groups is 1. The fourth-order valence-electron chi connectivity index (χ4n) is 2.42. The summed E-state index contributed by atoms with van der Waals surface area (Å²) in [5, 5.41) is 8.68. The number of ketones is 1. The normalized spacial score (nSPS) is 14.4. The average molecular weight is 256 g/mol. The van der Waals surface area contributed by atoms with E-state index in [0.717, 1.165) is 24.0 Å². The van der Waals surface area contributed by atoms with Crippen LogP contribution in [-0.4, -0.2) is 29.8 Å². The zero-order valence-electron chi connectivity index (χ0n) is 11.6. The third kappa shape index (κ3) is 3.65. The lowest BCUT2D eigenvalue weighted by Crippen LogP contribution is -2.33. The lowest BCUT2D eigenvalue weighted by atomic mass is 10.0. The van der Waals surface area contributed by atoms with Gasteiger partial charge in [0.05, 0.1) is 12.6 Å². The zero-order valence-corrected chi connectivity index (χ0v) is 11.6. The summed E-state index contributed by atoms with van der Waals surface area (Å²) >= 11 is 0. The minimum absolute atomic E-state index is 0.169. The summed E-state index contributed by atoms with van der Waals surface area (Å²) in [7, 11) is 0. The summed E-state index contributed by atoms with van der Waals surface area (Å²) in [6, 6.07) is 8.62. The molecule has 0 bridgehead atoms. The van der Waals surface area contributed by atoms with Gasteiger partial charge in [-0.15, -0.1) is 0 Å². The molecule has 1 aliphatic carbocycles. The molecule has 3 heteroatoms. The fraction of sp³-hybridized carbons (Fsp3) is 0.500. The van der Waals surface area contributed by atoms with Crippen molar-refractivity contribution in [2.75, 3.05) is 13.1 Å². The Morgan fingerprint density at radius 3 is 2.74 bits per heavy atom. The third-order valence-corrected chi connectivity index (χ3v) is 3.60. The Morgan fingerprint density at radius 1 is 1.42 bits per heavy atom. The molecule has 0 aromatic heterocycles. The van der Waals surface area contributed by atoms with Crippen molar-refractivity contribution in [2.24, 2.45) is 0 Å². The Morgan fingerprint density at radius 2 is 2.16 bits per heavy atom. The van der Waals surface area contributed by atoms with Crippen LogP contribution in [0.25, 0.3) is 0 Å². The van der Waals surface area contributed by atoms with E-state index < -0.39 is 0 Å². The molecule has 0 amide bonds. The highest BCUT2D eigenvalue weighted by molar-refractivity contribution is 5.99. The molecule has 19 heavy (non-hydrogen) atoms. The molecule has 1 aromatic carbocycles. The average Bonchev–Trinajstić information content (AvgIpc) is 3.18. The number of hydrogen-bond acceptors (Lipinski definition) is 3. The molecule has 1 aliphatic rings. The maximum Gasteiger partial charge on any atom is 0.177 e. The highest BCUT2D eigenvalue weighted by Gasteiger charge is 2.30. The first-order valence-corrected chi connectivity index (χ1v) is 6.83. The summed E-state index contributed by atoms with van der Waals surface area (Å²) < 4.78 is 0. The molecule has 1 aromatic rings. The van der Waals surface area contributed by atoms with Crippen molar-refractivity contribution >= 4 is 5.78 Å². The zero-order chi connectivity index (χ0) is 13.8. The number of benzene rings is 1. The number of rotatable bonds is 6. The standard InChI is InChI=1S/C16H20N2O/c1-12-4-7-15(13(2)10-12)16(19)11-18(9-3-8-17)14-5-6-14/h4,7,10,14H,3,5-6,9,11H2,1-2H3. The van der Waals surface area contributed by atoms with Crippen molar-refractivity contribution in [3.63, 3.8) is 0 Å². The van der Waals surface area contributed by atoms with Crippen molar-refractivity contribution < 1.29 is 4.79 Å². The first kappa shape index (κ1) is 13.8. The molecule has 100 valence electrons. The van der Waals surface area contributed by atoms with Crippen LogP contribution in [0.5, 0.6) is 0 Å². The molecule has 0 N–H and O–H groups in total. The van der Waals surface area contributed by atoms with Crippen LogP contribution in [0.1, 0.15) is 40.7 Å². The highest BCUT2D eigenvalue weighted by Crippen LogP contribution is 2.27. The van der Waals surface area contributed by atoms with Gasteiger partial charge in [0, 0.05) is 24.6 Å². The van der Waals surface area contributed by atoms with Crippen molar-refractivity contribution in [1.82, 2.24) is 4.90 Å². The van der Waals surface area contributed by atoms with Crippen LogP contribution in [0.15, 0.2) is 18.2 Å². The van der Waals surface area contributed by atoms with Gasteiger partial charge in [0.25, 0.3) is 0 Å². The minimum Gasteiger partial charge on any atom is -0.293 e. The number of nitrogens with zero attached hydrogens (tertiary/aromatic N) is 2. The van der Waals surface area contributed by atoms with Crippen LogP contribution in [0.2, 0.25) is 0 Å². The molecule has 0 heterocycles. The number of aryl methyl sites for hydroxylation is 2. The third-order valence-electron chi connectivity index (χ3n) is 3.60. The van der Waals surface area contributed by atoms with E-state index in [2.05, 4.69) is 11.0 Å². The van der Waals surface area contributed by atoms with E-state index in [1.165, 1.54) is 5.56 Å². The second-order valence-electron chi connectivity index (χ2n) is 5.35. The molecule has 0 spiro atoms. The summed E-state index contributed by atoms with van der Waals surface area (Å²) in [5.41, 5.74) is 3.03. The number of Topliss-reactive ketones (excluding diaryl/α,β-unsaturated/α-hetero) is 1. The predicted molar refractivity (Wildman–Crippen MR) is 75.1 cm³/mol. The van der Waals surface area contributed by atoms with E-state index >= 15 is 0 Å². The summed E-state index contributed by atoms with van der Waals surface area (Å²) in [5.74, 6) is 0.169. The SMILES string of the molecule is Cc1ccc(C(=O)CN(CCC#N)C2CC2)c(C)c1. The molecule has 1 fully saturated rings. The van der Waals surface area contributed by atoms with Gasteiger partial charge in [-0.25, -0.2) is 0 Å². The quantitative estimate of drug-likeness (QED) is 0.735. The van der Waals surface area contributed by atoms with E-state index in [9.17, 15) is 4.79 Å². The minimum atomic E-state index is 0.169. The Bertz CT molecular complexity index is 512. The number of nitriles is 1. The van der Waals surface area contributed by atoms with E-state index in [0.29, 0.717) is 25.6 Å². The molecule has 0 unspecified atom stereocenters. The van der Waals surface area contributed by atoms with Gasteiger partial charge >= 0.3 is 0 Å². The van der Waals surface area contributed by atoms with Crippen LogP contribution in [0.4, 0.5) is 0 Å². The largest absolute Gasteiger partial charge is 0.293 e. The van der Waals surface area contributed by atoms with Gasteiger partial charge in [0.1, 0.15) is 0 Å².